The van der Waals surface area contributed by atoms with Crippen molar-refractivity contribution in [3.63, 3.8) is 0 Å². The molecule has 0 radical (unpaired) electrons. The van der Waals surface area contributed by atoms with E-state index >= 15 is 0 Å². The summed E-state index contributed by atoms with van der Waals surface area (Å²) in [6, 6.07) is 9.51. The summed E-state index contributed by atoms with van der Waals surface area (Å²) in [7, 11) is -3.94. The number of alkyl halides is 3. The van der Waals surface area contributed by atoms with Crippen molar-refractivity contribution in [1.29, 1.82) is 0 Å². The number of benzene rings is 2. The molecular weight excluding hydrogens is 407 g/mol. The van der Waals surface area contributed by atoms with Crippen molar-refractivity contribution >= 4 is 21.4 Å². The fraction of sp³-hybridized carbons (Fsp3) is 0.368. The molecule has 3 rings (SSSR count). The summed E-state index contributed by atoms with van der Waals surface area (Å²) in [4.78, 5) is -0.160. The molecule has 1 aliphatic rings. The fourth-order valence-electron chi connectivity index (χ4n) is 3.11. The van der Waals surface area contributed by atoms with E-state index < -0.39 is 22.1 Å². The van der Waals surface area contributed by atoms with E-state index in [-0.39, 0.29) is 10.9 Å². The van der Waals surface area contributed by atoms with Gasteiger partial charge in [-0.25, -0.2) is 8.42 Å². The van der Waals surface area contributed by atoms with Crippen LogP contribution >= 0.6 is 0 Å². The Morgan fingerprint density at radius 1 is 1.17 bits per heavy atom. The summed E-state index contributed by atoms with van der Waals surface area (Å²) in [6.45, 7) is 3.85. The quantitative estimate of drug-likeness (QED) is 0.558. The van der Waals surface area contributed by atoms with Crippen molar-refractivity contribution < 1.29 is 26.3 Å². The van der Waals surface area contributed by atoms with Crippen LogP contribution in [0.25, 0.3) is 0 Å². The van der Waals surface area contributed by atoms with Crippen LogP contribution in [0.1, 0.15) is 18.9 Å². The third-order valence-corrected chi connectivity index (χ3v) is 5.77. The highest BCUT2D eigenvalue weighted by Gasteiger charge is 2.31. The maximum atomic E-state index is 12.5. The van der Waals surface area contributed by atoms with Gasteiger partial charge in [-0.15, -0.1) is 13.2 Å². The van der Waals surface area contributed by atoms with Crippen molar-refractivity contribution in [3.05, 3.63) is 48.0 Å². The highest BCUT2D eigenvalue weighted by Crippen LogP contribution is 2.30. The van der Waals surface area contributed by atoms with Crippen LogP contribution in [-0.2, 0) is 16.4 Å². The zero-order valence-electron chi connectivity index (χ0n) is 15.7. The minimum atomic E-state index is -4.83. The van der Waals surface area contributed by atoms with Gasteiger partial charge in [-0.05, 0) is 67.4 Å². The minimum Gasteiger partial charge on any atom is -0.406 e. The second kappa shape index (κ2) is 8.50. The molecule has 3 N–H and O–H groups in total. The number of hydrogen-bond donors (Lipinski definition) is 3. The number of fused-ring (bicyclic) bond motifs is 1. The van der Waals surface area contributed by atoms with Crippen LogP contribution in [0, 0.1) is 0 Å². The number of rotatable bonds is 8. The third kappa shape index (κ3) is 5.77. The number of anilines is 2. The van der Waals surface area contributed by atoms with E-state index in [4.69, 9.17) is 0 Å². The summed E-state index contributed by atoms with van der Waals surface area (Å²) in [5.74, 6) is -0.484. The van der Waals surface area contributed by atoms with Gasteiger partial charge in [0.25, 0.3) is 10.0 Å². The van der Waals surface area contributed by atoms with Gasteiger partial charge in [-0.3, -0.25) is 4.72 Å². The molecule has 0 bridgehead atoms. The van der Waals surface area contributed by atoms with Crippen LogP contribution in [0.4, 0.5) is 24.5 Å². The standard InChI is InChI=1S/C19H22F3N3O3S/c1-2-9-23-12-15-11-13-10-14(3-8-18(13)24-15)25-29(26,27)17-6-4-16(5-7-17)28-19(20,21)22/h3-8,10,15,23-25H,2,9,11-12H2,1H3. The lowest BCUT2D eigenvalue weighted by atomic mass is 10.1. The molecule has 10 heteroatoms. The van der Waals surface area contributed by atoms with Crippen molar-refractivity contribution in [2.75, 3.05) is 23.1 Å². The van der Waals surface area contributed by atoms with E-state index in [2.05, 4.69) is 27.0 Å². The van der Waals surface area contributed by atoms with E-state index in [0.29, 0.717) is 5.69 Å². The van der Waals surface area contributed by atoms with Gasteiger partial charge >= 0.3 is 6.36 Å². The van der Waals surface area contributed by atoms with E-state index in [0.717, 1.165) is 61.4 Å². The molecular formula is C19H22F3N3O3S. The normalized spacial score (nSPS) is 16.2. The first kappa shape index (κ1) is 21.3. The Balaban J connectivity index is 1.67. The van der Waals surface area contributed by atoms with Crippen LogP contribution in [0.3, 0.4) is 0 Å². The number of sulfonamides is 1. The molecule has 1 aliphatic heterocycles. The predicted octanol–water partition coefficient (Wildman–Crippen LogP) is 3.72. The molecule has 0 aromatic heterocycles. The molecule has 0 aliphatic carbocycles. The van der Waals surface area contributed by atoms with Gasteiger partial charge in [0.15, 0.2) is 0 Å². The molecule has 6 nitrogen and oxygen atoms in total. The van der Waals surface area contributed by atoms with Crippen molar-refractivity contribution in [1.82, 2.24) is 5.32 Å². The summed E-state index contributed by atoms with van der Waals surface area (Å²) >= 11 is 0. The molecule has 29 heavy (non-hydrogen) atoms. The molecule has 0 saturated heterocycles. The first-order valence-electron chi connectivity index (χ1n) is 9.15. The Morgan fingerprint density at radius 2 is 1.90 bits per heavy atom. The van der Waals surface area contributed by atoms with Crippen LogP contribution in [0.15, 0.2) is 47.4 Å². The van der Waals surface area contributed by atoms with Gasteiger partial charge in [0, 0.05) is 24.0 Å². The minimum absolute atomic E-state index is 0.160. The van der Waals surface area contributed by atoms with Gasteiger partial charge < -0.3 is 15.4 Å². The number of nitrogens with one attached hydrogen (secondary N) is 3. The maximum Gasteiger partial charge on any atom is 0.573 e. The molecule has 158 valence electrons. The van der Waals surface area contributed by atoms with Gasteiger partial charge in [-0.2, -0.15) is 0 Å². The molecule has 2 aromatic rings. The predicted molar refractivity (Wildman–Crippen MR) is 105 cm³/mol. The van der Waals surface area contributed by atoms with Crippen molar-refractivity contribution in [3.8, 4) is 5.75 Å². The number of halogens is 3. The first-order valence-corrected chi connectivity index (χ1v) is 10.6. The third-order valence-electron chi connectivity index (χ3n) is 4.37. The van der Waals surface area contributed by atoms with E-state index in [1.54, 1.807) is 12.1 Å². The fourth-order valence-corrected chi connectivity index (χ4v) is 4.16. The summed E-state index contributed by atoms with van der Waals surface area (Å²) in [6.07, 6.45) is -3.01. The highest BCUT2D eigenvalue weighted by molar-refractivity contribution is 7.92. The van der Waals surface area contributed by atoms with E-state index in [9.17, 15) is 21.6 Å². The summed E-state index contributed by atoms with van der Waals surface area (Å²) in [5.41, 5.74) is 2.36. The average Bonchev–Trinajstić information content (AvgIpc) is 3.02. The maximum absolute atomic E-state index is 12.5. The molecule has 0 spiro atoms. The summed E-state index contributed by atoms with van der Waals surface area (Å²) in [5, 5.41) is 6.74. The molecule has 0 fully saturated rings. The van der Waals surface area contributed by atoms with Crippen LogP contribution in [0.5, 0.6) is 5.75 Å². The molecule has 1 atom stereocenters. The Hall–Kier alpha value is -2.46. The van der Waals surface area contributed by atoms with E-state index in [1.165, 1.54) is 0 Å². The van der Waals surface area contributed by atoms with Crippen LogP contribution in [0.2, 0.25) is 0 Å². The van der Waals surface area contributed by atoms with E-state index in [1.807, 2.05) is 6.07 Å². The van der Waals surface area contributed by atoms with Gasteiger partial charge in [0.05, 0.1) is 4.90 Å². The number of ether oxygens (including phenoxy) is 1. The number of hydrogen-bond acceptors (Lipinski definition) is 5. The Morgan fingerprint density at radius 3 is 2.55 bits per heavy atom. The lowest BCUT2D eigenvalue weighted by Gasteiger charge is -2.11. The highest BCUT2D eigenvalue weighted by atomic mass is 32.2. The lowest BCUT2D eigenvalue weighted by Crippen LogP contribution is -2.31. The largest absolute Gasteiger partial charge is 0.573 e. The average molecular weight is 429 g/mol. The van der Waals surface area contributed by atoms with Crippen molar-refractivity contribution in [2.45, 2.75) is 37.1 Å². The second-order valence-electron chi connectivity index (χ2n) is 6.75. The van der Waals surface area contributed by atoms with Crippen molar-refractivity contribution in [2.24, 2.45) is 0 Å². The van der Waals surface area contributed by atoms with Gasteiger partial charge in [0.2, 0.25) is 0 Å². The second-order valence-corrected chi connectivity index (χ2v) is 8.43. The summed E-state index contributed by atoms with van der Waals surface area (Å²) < 4.78 is 68.0. The van der Waals surface area contributed by atoms with Crippen LogP contribution in [-0.4, -0.2) is 33.9 Å². The Labute approximate surface area is 167 Å². The lowest BCUT2D eigenvalue weighted by molar-refractivity contribution is -0.274. The smallest absolute Gasteiger partial charge is 0.406 e. The Bertz CT molecular complexity index is 947. The monoisotopic (exact) mass is 429 g/mol. The molecule has 0 amide bonds. The molecule has 0 saturated carbocycles. The molecule has 1 unspecified atom stereocenters. The zero-order valence-corrected chi connectivity index (χ0v) is 16.5. The topological polar surface area (TPSA) is 79.5 Å². The molecule has 2 aromatic carbocycles. The van der Waals surface area contributed by atoms with Gasteiger partial charge in [0.1, 0.15) is 5.75 Å². The first-order chi connectivity index (χ1) is 13.7. The molecule has 1 heterocycles. The van der Waals surface area contributed by atoms with Crippen LogP contribution < -0.4 is 20.1 Å². The van der Waals surface area contributed by atoms with Gasteiger partial charge in [-0.1, -0.05) is 6.92 Å². The SMILES string of the molecule is CCCNCC1Cc2cc(NS(=O)(=O)c3ccc(OC(F)(F)F)cc3)ccc2N1. The Kier molecular flexibility index (Phi) is 6.23. The zero-order chi connectivity index (χ0) is 21.1.